The van der Waals surface area contributed by atoms with Crippen LogP contribution in [0.4, 0.5) is 0 Å². The van der Waals surface area contributed by atoms with Crippen molar-refractivity contribution in [1.29, 1.82) is 0 Å². The van der Waals surface area contributed by atoms with Crippen molar-refractivity contribution in [2.24, 2.45) is 12.2 Å². The number of aromatic nitrogens is 1. The van der Waals surface area contributed by atoms with Gasteiger partial charge in [-0.1, -0.05) is 41.6 Å². The first-order chi connectivity index (χ1) is 15.8. The average molecular weight is 448 g/mol. The van der Waals surface area contributed by atoms with Gasteiger partial charge in [0, 0.05) is 48.8 Å². The smallest absolute Gasteiger partial charge is 0.251 e. The number of aliphatic hydroxyl groups is 1. The van der Waals surface area contributed by atoms with Gasteiger partial charge in [0.1, 0.15) is 0 Å². The van der Waals surface area contributed by atoms with E-state index >= 15 is 0 Å². The third kappa shape index (κ3) is 5.75. The number of carbonyl (C=O) groups excluding carboxylic acids is 1. The molecular weight excluding hydrogens is 418 g/mol. The van der Waals surface area contributed by atoms with Gasteiger partial charge in [-0.2, -0.15) is 0 Å². The number of amides is 1. The summed E-state index contributed by atoms with van der Waals surface area (Å²) in [7, 11) is 1.65. The van der Waals surface area contributed by atoms with Gasteiger partial charge in [-0.3, -0.25) is 9.59 Å². The SMILES string of the molecule is Cc1ccccc1C(C/C(=N\O)c1ccc(=O)n(C)c1)c1ccc(C(=O)N[C@@H](C)CO)cc1. The number of hydrogen-bond donors (Lipinski definition) is 3. The molecule has 0 aliphatic carbocycles. The number of carbonyl (C=O) groups is 1. The molecule has 7 nitrogen and oxygen atoms in total. The molecule has 172 valence electrons. The lowest BCUT2D eigenvalue weighted by molar-refractivity contribution is 0.0922. The molecule has 7 heteroatoms. The molecule has 0 radical (unpaired) electrons. The fourth-order valence-corrected chi connectivity index (χ4v) is 3.78. The van der Waals surface area contributed by atoms with Crippen molar-refractivity contribution in [2.75, 3.05) is 6.61 Å². The molecule has 0 fully saturated rings. The summed E-state index contributed by atoms with van der Waals surface area (Å²) in [5.74, 6) is -0.388. The molecule has 3 rings (SSSR count). The summed E-state index contributed by atoms with van der Waals surface area (Å²) in [6.45, 7) is 3.63. The summed E-state index contributed by atoms with van der Waals surface area (Å²) in [4.78, 5) is 24.2. The van der Waals surface area contributed by atoms with E-state index in [1.54, 1.807) is 38.4 Å². The molecule has 0 spiro atoms. The lowest BCUT2D eigenvalue weighted by atomic mass is 9.83. The van der Waals surface area contributed by atoms with Crippen LogP contribution in [0.25, 0.3) is 0 Å². The van der Waals surface area contributed by atoms with Gasteiger partial charge in [-0.05, 0) is 48.7 Å². The van der Waals surface area contributed by atoms with E-state index in [2.05, 4.69) is 10.5 Å². The van der Waals surface area contributed by atoms with Crippen LogP contribution in [0.1, 0.15) is 51.9 Å². The van der Waals surface area contributed by atoms with Crippen molar-refractivity contribution in [3.63, 3.8) is 0 Å². The third-order valence-corrected chi connectivity index (χ3v) is 5.73. The summed E-state index contributed by atoms with van der Waals surface area (Å²) in [5, 5.41) is 25.3. The van der Waals surface area contributed by atoms with Crippen LogP contribution < -0.4 is 10.9 Å². The number of benzene rings is 2. The van der Waals surface area contributed by atoms with Crippen molar-refractivity contribution >= 4 is 11.6 Å². The maximum absolute atomic E-state index is 12.4. The molecule has 3 N–H and O–H groups in total. The van der Waals surface area contributed by atoms with Crippen LogP contribution in [-0.4, -0.2) is 39.1 Å². The van der Waals surface area contributed by atoms with Gasteiger partial charge in [0.05, 0.1) is 12.3 Å². The van der Waals surface area contributed by atoms with E-state index in [1.165, 1.54) is 10.6 Å². The van der Waals surface area contributed by atoms with Gasteiger partial charge in [0.2, 0.25) is 5.56 Å². The van der Waals surface area contributed by atoms with Crippen molar-refractivity contribution in [2.45, 2.75) is 32.2 Å². The molecule has 0 saturated carbocycles. The van der Waals surface area contributed by atoms with Crippen LogP contribution in [0.2, 0.25) is 0 Å². The number of oxime groups is 1. The van der Waals surface area contributed by atoms with Crippen LogP contribution in [0, 0.1) is 6.92 Å². The molecule has 0 bridgehead atoms. The molecule has 0 aliphatic rings. The van der Waals surface area contributed by atoms with E-state index in [0.717, 1.165) is 16.7 Å². The van der Waals surface area contributed by atoms with Crippen LogP contribution in [0.3, 0.4) is 0 Å². The first kappa shape index (κ1) is 23.9. The summed E-state index contributed by atoms with van der Waals surface area (Å²) >= 11 is 0. The van der Waals surface area contributed by atoms with Gasteiger partial charge < -0.3 is 20.2 Å². The predicted octanol–water partition coefficient (Wildman–Crippen LogP) is 3.20. The predicted molar refractivity (Wildman–Crippen MR) is 128 cm³/mol. The Kier molecular flexibility index (Phi) is 7.79. The topological polar surface area (TPSA) is 104 Å². The summed E-state index contributed by atoms with van der Waals surface area (Å²) in [5.41, 5.74) is 4.60. The fourth-order valence-electron chi connectivity index (χ4n) is 3.78. The molecule has 0 aliphatic heterocycles. The Morgan fingerprint density at radius 3 is 2.33 bits per heavy atom. The van der Waals surface area contributed by atoms with Gasteiger partial charge in [-0.15, -0.1) is 0 Å². The minimum atomic E-state index is -0.331. The van der Waals surface area contributed by atoms with Gasteiger partial charge in [-0.25, -0.2) is 0 Å². The number of hydrogen-bond acceptors (Lipinski definition) is 5. The minimum absolute atomic E-state index is 0.131. The highest BCUT2D eigenvalue weighted by Crippen LogP contribution is 2.32. The monoisotopic (exact) mass is 447 g/mol. The molecular formula is C26H29N3O4. The molecule has 3 aromatic rings. The van der Waals surface area contributed by atoms with E-state index in [9.17, 15) is 14.8 Å². The molecule has 0 saturated heterocycles. The molecule has 2 atom stereocenters. The molecule has 1 amide bonds. The van der Waals surface area contributed by atoms with Crippen LogP contribution in [0.5, 0.6) is 0 Å². The standard InChI is InChI=1S/C26H29N3O4/c1-17-6-4-5-7-22(17)23(14-24(28-33)21-12-13-25(31)29(3)15-21)19-8-10-20(11-9-19)26(32)27-18(2)16-30/h4-13,15,18,23,30,33H,14,16H2,1-3H3,(H,27,32)/b28-24+/t18-,23?/m0/s1. The van der Waals surface area contributed by atoms with Crippen LogP contribution >= 0.6 is 0 Å². The highest BCUT2D eigenvalue weighted by molar-refractivity contribution is 6.00. The van der Waals surface area contributed by atoms with E-state index in [-0.39, 0.29) is 30.0 Å². The van der Waals surface area contributed by atoms with Crippen molar-refractivity contribution in [3.8, 4) is 0 Å². The van der Waals surface area contributed by atoms with Gasteiger partial charge in [0.25, 0.3) is 5.91 Å². The van der Waals surface area contributed by atoms with E-state index in [0.29, 0.717) is 23.3 Å². The zero-order chi connectivity index (χ0) is 24.0. The Balaban J connectivity index is 1.97. The fraction of sp³-hybridized carbons (Fsp3) is 0.269. The maximum Gasteiger partial charge on any atom is 0.251 e. The summed E-state index contributed by atoms with van der Waals surface area (Å²) in [6, 6.07) is 18.1. The molecule has 1 unspecified atom stereocenters. The number of nitrogens with zero attached hydrogens (tertiary/aromatic N) is 2. The Bertz CT molecular complexity index is 1200. The number of rotatable bonds is 8. The Hall–Kier alpha value is -3.71. The van der Waals surface area contributed by atoms with Crippen molar-refractivity contribution in [1.82, 2.24) is 9.88 Å². The van der Waals surface area contributed by atoms with Crippen molar-refractivity contribution < 1.29 is 15.1 Å². The Labute approximate surface area is 193 Å². The number of nitrogens with one attached hydrogen (secondary N) is 1. The maximum atomic E-state index is 12.4. The first-order valence-electron chi connectivity index (χ1n) is 10.8. The second-order valence-corrected chi connectivity index (χ2v) is 8.21. The van der Waals surface area contributed by atoms with E-state index < -0.39 is 0 Å². The van der Waals surface area contributed by atoms with Crippen LogP contribution in [-0.2, 0) is 7.05 Å². The van der Waals surface area contributed by atoms with Gasteiger partial charge >= 0.3 is 0 Å². The normalized spacial score (nSPS) is 13.4. The zero-order valence-electron chi connectivity index (χ0n) is 19.0. The van der Waals surface area contributed by atoms with E-state index in [1.807, 2.05) is 43.3 Å². The van der Waals surface area contributed by atoms with Crippen LogP contribution in [0.15, 0.2) is 76.8 Å². The molecule has 1 heterocycles. The number of pyridine rings is 1. The second kappa shape index (κ2) is 10.7. The first-order valence-corrected chi connectivity index (χ1v) is 10.8. The lowest BCUT2D eigenvalue weighted by Crippen LogP contribution is -2.34. The summed E-state index contributed by atoms with van der Waals surface area (Å²) in [6.07, 6.45) is 2.05. The third-order valence-electron chi connectivity index (χ3n) is 5.73. The summed E-state index contributed by atoms with van der Waals surface area (Å²) < 4.78 is 1.45. The van der Waals surface area contributed by atoms with E-state index in [4.69, 9.17) is 5.11 Å². The highest BCUT2D eigenvalue weighted by atomic mass is 16.4. The second-order valence-electron chi connectivity index (χ2n) is 8.21. The molecule has 1 aromatic heterocycles. The Morgan fingerprint density at radius 2 is 1.73 bits per heavy atom. The number of aryl methyl sites for hydroxylation is 2. The zero-order valence-corrected chi connectivity index (χ0v) is 19.0. The minimum Gasteiger partial charge on any atom is -0.411 e. The highest BCUT2D eigenvalue weighted by Gasteiger charge is 2.21. The lowest BCUT2D eigenvalue weighted by Gasteiger charge is -2.21. The molecule has 2 aromatic carbocycles. The number of aliphatic hydroxyl groups excluding tert-OH is 1. The largest absolute Gasteiger partial charge is 0.411 e. The van der Waals surface area contributed by atoms with Gasteiger partial charge in [0.15, 0.2) is 0 Å². The quantitative estimate of drug-likeness (QED) is 0.280. The average Bonchev–Trinajstić information content (AvgIpc) is 2.82. The molecule has 33 heavy (non-hydrogen) atoms. The Morgan fingerprint density at radius 1 is 1.06 bits per heavy atom. The van der Waals surface area contributed by atoms with Crippen molar-refractivity contribution in [3.05, 3.63) is 105 Å².